The normalized spacial score (nSPS) is 20.7. The zero-order valence-corrected chi connectivity index (χ0v) is 12.5. The van der Waals surface area contributed by atoms with Gasteiger partial charge in [0.05, 0.1) is 5.52 Å². The highest BCUT2D eigenvalue weighted by Crippen LogP contribution is 2.21. The molecule has 1 amide bonds. The summed E-state index contributed by atoms with van der Waals surface area (Å²) >= 11 is 0. The highest BCUT2D eigenvalue weighted by atomic mass is 16.2. The van der Waals surface area contributed by atoms with Crippen molar-refractivity contribution in [1.29, 1.82) is 0 Å². The number of amides is 1. The summed E-state index contributed by atoms with van der Waals surface area (Å²) in [7, 11) is 1.84. The van der Waals surface area contributed by atoms with Gasteiger partial charge in [-0.25, -0.2) is 4.68 Å². The first-order valence-electron chi connectivity index (χ1n) is 7.40. The van der Waals surface area contributed by atoms with Crippen LogP contribution in [0.25, 0.3) is 11.0 Å². The van der Waals surface area contributed by atoms with Crippen LogP contribution in [0.4, 0.5) is 0 Å². The van der Waals surface area contributed by atoms with Gasteiger partial charge in [-0.1, -0.05) is 5.21 Å². The maximum atomic E-state index is 12.6. The number of aryl methyl sites for hydroxylation is 1. The third-order valence-electron chi connectivity index (χ3n) is 4.35. The number of benzene rings is 1. The van der Waals surface area contributed by atoms with Gasteiger partial charge in [0.2, 0.25) is 0 Å². The van der Waals surface area contributed by atoms with Crippen molar-refractivity contribution in [3.8, 4) is 0 Å². The molecule has 6 nitrogen and oxygen atoms in total. The van der Waals surface area contributed by atoms with E-state index in [4.69, 9.17) is 5.73 Å². The molecule has 2 aromatic rings. The summed E-state index contributed by atoms with van der Waals surface area (Å²) < 4.78 is 1.70. The molecule has 1 aromatic carbocycles. The summed E-state index contributed by atoms with van der Waals surface area (Å²) in [6.45, 7) is 3.57. The monoisotopic (exact) mass is 287 g/mol. The van der Waals surface area contributed by atoms with E-state index in [-0.39, 0.29) is 11.9 Å². The molecule has 0 spiro atoms. The van der Waals surface area contributed by atoms with Crippen molar-refractivity contribution in [3.05, 3.63) is 23.8 Å². The average molecular weight is 287 g/mol. The molecule has 0 saturated carbocycles. The van der Waals surface area contributed by atoms with Gasteiger partial charge in [0, 0.05) is 31.7 Å². The number of carbonyl (C=O) groups excluding carboxylic acids is 1. The van der Waals surface area contributed by atoms with Crippen molar-refractivity contribution in [1.82, 2.24) is 19.9 Å². The van der Waals surface area contributed by atoms with Crippen molar-refractivity contribution >= 4 is 16.9 Å². The summed E-state index contributed by atoms with van der Waals surface area (Å²) in [5, 5.41) is 8.04. The lowest BCUT2D eigenvalue weighted by atomic mass is 9.92. The lowest BCUT2D eigenvalue weighted by Gasteiger charge is -2.34. The predicted octanol–water partition coefficient (Wildman–Crippen LogP) is 1.17. The molecule has 6 heteroatoms. The topological polar surface area (TPSA) is 77.0 Å². The van der Waals surface area contributed by atoms with Gasteiger partial charge in [-0.15, -0.1) is 5.10 Å². The predicted molar refractivity (Wildman–Crippen MR) is 80.8 cm³/mol. The Kier molecular flexibility index (Phi) is 3.63. The van der Waals surface area contributed by atoms with Crippen LogP contribution in [-0.2, 0) is 7.05 Å². The van der Waals surface area contributed by atoms with Crippen LogP contribution in [0.1, 0.15) is 30.1 Å². The van der Waals surface area contributed by atoms with E-state index in [0.717, 1.165) is 37.0 Å². The van der Waals surface area contributed by atoms with Crippen LogP contribution >= 0.6 is 0 Å². The molecule has 1 aliphatic rings. The quantitative estimate of drug-likeness (QED) is 0.899. The van der Waals surface area contributed by atoms with E-state index in [9.17, 15) is 4.79 Å². The van der Waals surface area contributed by atoms with E-state index in [1.54, 1.807) is 4.68 Å². The molecule has 2 N–H and O–H groups in total. The van der Waals surface area contributed by atoms with Crippen molar-refractivity contribution in [2.75, 3.05) is 13.1 Å². The number of nitrogens with two attached hydrogens (primary N) is 1. The zero-order valence-electron chi connectivity index (χ0n) is 12.5. The number of nitrogens with zero attached hydrogens (tertiary/aromatic N) is 4. The van der Waals surface area contributed by atoms with Gasteiger partial charge in [0.1, 0.15) is 5.52 Å². The first kappa shape index (κ1) is 14.0. The molecule has 2 unspecified atom stereocenters. The molecule has 1 saturated heterocycles. The smallest absolute Gasteiger partial charge is 0.253 e. The van der Waals surface area contributed by atoms with E-state index in [1.807, 2.05) is 37.1 Å². The number of hydrogen-bond donors (Lipinski definition) is 1. The Balaban J connectivity index is 1.82. The van der Waals surface area contributed by atoms with E-state index in [0.29, 0.717) is 11.5 Å². The second-order valence-corrected chi connectivity index (χ2v) is 5.93. The molecule has 21 heavy (non-hydrogen) atoms. The number of carbonyl (C=O) groups is 1. The molecular formula is C15H21N5O. The largest absolute Gasteiger partial charge is 0.338 e. The number of piperidine rings is 1. The standard InChI is InChI=1S/C15H21N5O/c1-10(16)12-4-3-7-20(9-12)15(21)11-5-6-14-13(8-11)17-18-19(14)2/h5-6,8,10,12H,3-4,7,9,16H2,1-2H3. The molecular weight excluding hydrogens is 266 g/mol. The number of rotatable bonds is 2. The highest BCUT2D eigenvalue weighted by Gasteiger charge is 2.26. The Morgan fingerprint density at radius 3 is 3.05 bits per heavy atom. The summed E-state index contributed by atoms with van der Waals surface area (Å²) in [6.07, 6.45) is 2.12. The zero-order chi connectivity index (χ0) is 15.0. The molecule has 2 heterocycles. The minimum Gasteiger partial charge on any atom is -0.338 e. The molecule has 2 atom stereocenters. The van der Waals surface area contributed by atoms with Crippen molar-refractivity contribution in [3.63, 3.8) is 0 Å². The van der Waals surface area contributed by atoms with Crippen molar-refractivity contribution in [2.24, 2.45) is 18.7 Å². The Morgan fingerprint density at radius 2 is 2.29 bits per heavy atom. The fourth-order valence-electron chi connectivity index (χ4n) is 2.98. The van der Waals surface area contributed by atoms with Crippen LogP contribution in [0.2, 0.25) is 0 Å². The van der Waals surface area contributed by atoms with E-state index in [1.165, 1.54) is 0 Å². The number of likely N-dealkylation sites (tertiary alicyclic amines) is 1. The number of aromatic nitrogens is 3. The first-order chi connectivity index (χ1) is 10.1. The van der Waals surface area contributed by atoms with Crippen LogP contribution in [0, 0.1) is 5.92 Å². The van der Waals surface area contributed by atoms with Gasteiger partial charge in [-0.3, -0.25) is 4.79 Å². The molecule has 112 valence electrons. The van der Waals surface area contributed by atoms with Crippen molar-refractivity contribution in [2.45, 2.75) is 25.8 Å². The maximum Gasteiger partial charge on any atom is 0.253 e. The Morgan fingerprint density at radius 1 is 1.48 bits per heavy atom. The highest BCUT2D eigenvalue weighted by molar-refractivity contribution is 5.97. The molecule has 1 aliphatic heterocycles. The average Bonchev–Trinajstić information content (AvgIpc) is 2.87. The van der Waals surface area contributed by atoms with Gasteiger partial charge in [-0.2, -0.15) is 0 Å². The van der Waals surface area contributed by atoms with Gasteiger partial charge in [0.15, 0.2) is 0 Å². The van der Waals surface area contributed by atoms with E-state index in [2.05, 4.69) is 10.3 Å². The van der Waals surface area contributed by atoms with Crippen LogP contribution < -0.4 is 5.73 Å². The van der Waals surface area contributed by atoms with Crippen molar-refractivity contribution < 1.29 is 4.79 Å². The second kappa shape index (κ2) is 5.44. The Labute approximate surface area is 123 Å². The fourth-order valence-corrected chi connectivity index (χ4v) is 2.98. The molecule has 1 aromatic heterocycles. The Hall–Kier alpha value is -1.95. The van der Waals surface area contributed by atoms with E-state index >= 15 is 0 Å². The van der Waals surface area contributed by atoms with Gasteiger partial charge >= 0.3 is 0 Å². The summed E-state index contributed by atoms with van der Waals surface area (Å²) in [5.74, 6) is 0.454. The summed E-state index contributed by atoms with van der Waals surface area (Å²) in [6, 6.07) is 5.70. The SMILES string of the molecule is CC(N)C1CCCN(C(=O)c2ccc3c(c2)nnn3C)C1. The third kappa shape index (κ3) is 2.63. The summed E-state index contributed by atoms with van der Waals surface area (Å²) in [4.78, 5) is 14.6. The second-order valence-electron chi connectivity index (χ2n) is 5.93. The number of fused-ring (bicyclic) bond motifs is 1. The molecule has 0 radical (unpaired) electrons. The number of hydrogen-bond acceptors (Lipinski definition) is 4. The minimum absolute atomic E-state index is 0.0629. The molecule has 0 bridgehead atoms. The van der Waals surface area contributed by atoms with Crippen LogP contribution in [0.15, 0.2) is 18.2 Å². The van der Waals surface area contributed by atoms with Gasteiger partial charge in [0.25, 0.3) is 5.91 Å². The molecule has 1 fully saturated rings. The summed E-state index contributed by atoms with van der Waals surface area (Å²) in [5.41, 5.74) is 8.34. The fraction of sp³-hybridized carbons (Fsp3) is 0.533. The lowest BCUT2D eigenvalue weighted by Crippen LogP contribution is -2.45. The minimum atomic E-state index is 0.0629. The third-order valence-corrected chi connectivity index (χ3v) is 4.35. The van der Waals surface area contributed by atoms with Crippen LogP contribution in [0.3, 0.4) is 0 Å². The van der Waals surface area contributed by atoms with E-state index < -0.39 is 0 Å². The molecule has 0 aliphatic carbocycles. The first-order valence-corrected chi connectivity index (χ1v) is 7.40. The maximum absolute atomic E-state index is 12.6. The van der Waals surface area contributed by atoms with Gasteiger partial charge in [-0.05, 0) is 43.9 Å². The van der Waals surface area contributed by atoms with Crippen LogP contribution in [-0.4, -0.2) is 44.9 Å². The molecule has 3 rings (SSSR count). The lowest BCUT2D eigenvalue weighted by molar-refractivity contribution is 0.0661. The Bertz CT molecular complexity index is 663. The van der Waals surface area contributed by atoms with Crippen LogP contribution in [0.5, 0.6) is 0 Å². The van der Waals surface area contributed by atoms with Gasteiger partial charge < -0.3 is 10.6 Å².